The summed E-state index contributed by atoms with van der Waals surface area (Å²) in [5, 5.41) is 2.54. The van der Waals surface area contributed by atoms with Crippen molar-refractivity contribution >= 4 is 45.0 Å². The number of ether oxygens (including phenoxy) is 1. The first-order valence-electron chi connectivity index (χ1n) is 12.2. The Kier molecular flexibility index (Phi) is 8.90. The normalized spacial score (nSPS) is 13.9. The predicted octanol–water partition coefficient (Wildman–Crippen LogP) is 3.53. The van der Waals surface area contributed by atoms with Gasteiger partial charge in [-0.1, -0.05) is 23.7 Å². The van der Waals surface area contributed by atoms with E-state index in [0.717, 1.165) is 12.1 Å². The Morgan fingerprint density at radius 3 is 2.33 bits per heavy atom. The smallest absolute Gasteiger partial charge is 0.262 e. The summed E-state index contributed by atoms with van der Waals surface area (Å²) in [7, 11) is -4.09. The van der Waals surface area contributed by atoms with Gasteiger partial charge in [0, 0.05) is 24.6 Å². The van der Waals surface area contributed by atoms with Crippen molar-refractivity contribution in [2.24, 2.45) is 11.7 Å². The van der Waals surface area contributed by atoms with Crippen molar-refractivity contribution in [1.29, 1.82) is 0 Å². The Hall–Kier alpha value is -4.16. The molecule has 4 rings (SSSR count). The van der Waals surface area contributed by atoms with Gasteiger partial charge in [-0.05, 0) is 67.4 Å². The molecule has 0 aromatic heterocycles. The van der Waals surface area contributed by atoms with E-state index in [0.29, 0.717) is 25.9 Å². The first-order valence-corrected chi connectivity index (χ1v) is 14.1. The molecule has 3 amide bonds. The lowest BCUT2D eigenvalue weighted by molar-refractivity contribution is -0.133. The number of hydrogen-bond donors (Lipinski definition) is 3. The second-order valence-electron chi connectivity index (χ2n) is 9.04. The van der Waals surface area contributed by atoms with Crippen LogP contribution in [0.1, 0.15) is 23.2 Å². The minimum Gasteiger partial charge on any atom is -0.454 e. The van der Waals surface area contributed by atoms with Gasteiger partial charge in [-0.3, -0.25) is 19.1 Å². The lowest BCUT2D eigenvalue weighted by Crippen LogP contribution is -2.45. The molecule has 0 bridgehead atoms. The summed E-state index contributed by atoms with van der Waals surface area (Å²) < 4.78 is 47.6. The molecule has 0 radical (unpaired) electrons. The number of anilines is 1. The number of carbonyl (C=O) groups excluding carboxylic acids is 3. The van der Waals surface area contributed by atoms with Crippen LogP contribution in [0.3, 0.4) is 0 Å². The van der Waals surface area contributed by atoms with Gasteiger partial charge >= 0.3 is 0 Å². The zero-order chi connectivity index (χ0) is 28.9. The number of nitrogens with one attached hydrogen (secondary N) is 2. The molecular formula is C27H26ClFN4O6S. The third-order valence-corrected chi connectivity index (χ3v) is 8.00. The third-order valence-electron chi connectivity index (χ3n) is 6.32. The Balaban J connectivity index is 1.37. The number of amides is 3. The van der Waals surface area contributed by atoms with Crippen molar-refractivity contribution in [2.75, 3.05) is 24.4 Å². The second kappa shape index (κ2) is 12.3. The van der Waals surface area contributed by atoms with Crippen molar-refractivity contribution in [2.45, 2.75) is 17.7 Å². The summed E-state index contributed by atoms with van der Waals surface area (Å²) in [6.07, 6.45) is 0.963. The lowest BCUT2D eigenvalue weighted by atomic mass is 9.96. The maximum absolute atomic E-state index is 13.4. The second-order valence-corrected chi connectivity index (χ2v) is 11.1. The van der Waals surface area contributed by atoms with Crippen LogP contribution in [0.5, 0.6) is 11.5 Å². The molecule has 0 unspecified atom stereocenters. The number of hydrogen-bond acceptors (Lipinski definition) is 6. The van der Waals surface area contributed by atoms with Crippen LogP contribution in [-0.4, -0.2) is 50.7 Å². The molecule has 0 atom stereocenters. The number of nitrogens with two attached hydrogens (primary N) is 1. The van der Waals surface area contributed by atoms with E-state index in [2.05, 4.69) is 10.0 Å². The molecule has 0 spiro atoms. The van der Waals surface area contributed by atoms with Crippen LogP contribution < -0.4 is 20.5 Å². The summed E-state index contributed by atoms with van der Waals surface area (Å²) in [5.74, 6) is -1.74. The highest BCUT2D eigenvalue weighted by Crippen LogP contribution is 2.35. The fourth-order valence-electron chi connectivity index (χ4n) is 4.09. The van der Waals surface area contributed by atoms with Crippen LogP contribution in [0.25, 0.3) is 0 Å². The molecule has 1 fully saturated rings. The molecule has 1 aliphatic rings. The number of nitrogens with zero attached hydrogens (tertiary/aromatic N) is 1. The standard InChI is InChI=1S/C27H26ClFN4O6S/c28-21-15-19(29)7-10-23(21)39-24-4-2-1-3-22(24)32-40(37,38)20-8-5-18(6-9-20)27(36)31-16-25(34)33-13-11-17(12-14-33)26(30)35/h1-10,15,17,32H,11-14,16H2,(H2,30,35)(H,31,36). The number of sulfonamides is 1. The first-order chi connectivity index (χ1) is 19.0. The Bertz CT molecular complexity index is 1530. The molecular weight excluding hydrogens is 563 g/mol. The van der Waals surface area contributed by atoms with Gasteiger partial charge in [0.2, 0.25) is 11.8 Å². The van der Waals surface area contributed by atoms with Gasteiger partial charge < -0.3 is 20.7 Å². The van der Waals surface area contributed by atoms with E-state index in [-0.39, 0.29) is 56.9 Å². The van der Waals surface area contributed by atoms with E-state index < -0.39 is 21.7 Å². The molecule has 10 nitrogen and oxygen atoms in total. The van der Waals surface area contributed by atoms with E-state index >= 15 is 0 Å². The Morgan fingerprint density at radius 1 is 1.00 bits per heavy atom. The van der Waals surface area contributed by atoms with Crippen molar-refractivity contribution in [3.8, 4) is 11.5 Å². The number of benzene rings is 3. The molecule has 1 heterocycles. The highest BCUT2D eigenvalue weighted by molar-refractivity contribution is 7.92. The molecule has 3 aromatic carbocycles. The molecule has 210 valence electrons. The molecule has 0 aliphatic carbocycles. The fraction of sp³-hybridized carbons (Fsp3) is 0.222. The third kappa shape index (κ3) is 7.07. The minimum atomic E-state index is -4.09. The SMILES string of the molecule is NC(=O)C1CCN(C(=O)CNC(=O)c2ccc(S(=O)(=O)Nc3ccccc3Oc3ccc(F)cc3Cl)cc2)CC1. The molecule has 0 saturated carbocycles. The summed E-state index contributed by atoms with van der Waals surface area (Å²) >= 11 is 6.02. The Morgan fingerprint density at radius 2 is 1.68 bits per heavy atom. The number of piperidine rings is 1. The molecule has 3 aromatic rings. The van der Waals surface area contributed by atoms with Gasteiger partial charge in [-0.25, -0.2) is 12.8 Å². The van der Waals surface area contributed by atoms with Crippen LogP contribution in [-0.2, 0) is 19.6 Å². The van der Waals surface area contributed by atoms with E-state index in [9.17, 15) is 27.2 Å². The molecule has 4 N–H and O–H groups in total. The predicted molar refractivity (Wildman–Crippen MR) is 146 cm³/mol. The first kappa shape index (κ1) is 28.8. The summed E-state index contributed by atoms with van der Waals surface area (Å²) in [6, 6.07) is 15.0. The molecule has 40 heavy (non-hydrogen) atoms. The average molecular weight is 589 g/mol. The van der Waals surface area contributed by atoms with Crippen molar-refractivity contribution < 1.29 is 31.9 Å². The largest absolute Gasteiger partial charge is 0.454 e. The summed E-state index contributed by atoms with van der Waals surface area (Å²) in [6.45, 7) is 0.524. The number of halogens is 2. The van der Waals surface area contributed by atoms with Crippen LogP contribution in [0, 0.1) is 11.7 Å². The van der Waals surface area contributed by atoms with E-state index in [1.54, 1.807) is 17.0 Å². The molecule has 1 aliphatic heterocycles. The van der Waals surface area contributed by atoms with Gasteiger partial charge in [0.05, 0.1) is 22.2 Å². The number of likely N-dealkylation sites (tertiary alicyclic amines) is 1. The number of para-hydroxylation sites is 2. The number of primary amides is 1. The van der Waals surface area contributed by atoms with Crippen LogP contribution >= 0.6 is 11.6 Å². The quantitative estimate of drug-likeness (QED) is 0.348. The summed E-state index contributed by atoms with van der Waals surface area (Å²) in [4.78, 5) is 37.7. The average Bonchev–Trinajstić information content (AvgIpc) is 2.94. The van der Waals surface area contributed by atoms with E-state index in [1.807, 2.05) is 0 Å². The topological polar surface area (TPSA) is 148 Å². The Labute approximate surface area is 235 Å². The number of carbonyl (C=O) groups is 3. The minimum absolute atomic E-state index is 0.0147. The van der Waals surface area contributed by atoms with Crippen molar-refractivity contribution in [3.63, 3.8) is 0 Å². The van der Waals surface area contributed by atoms with Gasteiger partial charge in [0.1, 0.15) is 11.6 Å². The van der Waals surface area contributed by atoms with Crippen molar-refractivity contribution in [1.82, 2.24) is 10.2 Å². The highest BCUT2D eigenvalue weighted by Gasteiger charge is 2.26. The fourth-order valence-corrected chi connectivity index (χ4v) is 5.36. The monoisotopic (exact) mass is 588 g/mol. The van der Waals surface area contributed by atoms with Crippen molar-refractivity contribution in [3.05, 3.63) is 83.1 Å². The van der Waals surface area contributed by atoms with Gasteiger partial charge in [0.15, 0.2) is 5.75 Å². The van der Waals surface area contributed by atoms with Gasteiger partial charge in [-0.2, -0.15) is 0 Å². The zero-order valence-corrected chi connectivity index (χ0v) is 22.7. The van der Waals surface area contributed by atoms with E-state index in [1.165, 1.54) is 42.5 Å². The van der Waals surface area contributed by atoms with Gasteiger partial charge in [-0.15, -0.1) is 0 Å². The van der Waals surface area contributed by atoms with Gasteiger partial charge in [0.25, 0.3) is 15.9 Å². The molecule has 13 heteroatoms. The van der Waals surface area contributed by atoms with E-state index in [4.69, 9.17) is 22.1 Å². The lowest BCUT2D eigenvalue weighted by Gasteiger charge is -2.30. The summed E-state index contributed by atoms with van der Waals surface area (Å²) in [5.41, 5.74) is 5.59. The van der Waals surface area contributed by atoms with Crippen LogP contribution in [0.2, 0.25) is 5.02 Å². The number of rotatable bonds is 9. The van der Waals surface area contributed by atoms with Crippen LogP contribution in [0.15, 0.2) is 71.6 Å². The maximum Gasteiger partial charge on any atom is 0.262 e. The maximum atomic E-state index is 13.4. The highest BCUT2D eigenvalue weighted by atomic mass is 35.5. The zero-order valence-electron chi connectivity index (χ0n) is 21.1. The van der Waals surface area contributed by atoms with Crippen LogP contribution in [0.4, 0.5) is 10.1 Å². The molecule has 1 saturated heterocycles.